The summed E-state index contributed by atoms with van der Waals surface area (Å²) < 4.78 is 0. The molecule has 0 aromatic carbocycles. The molecule has 1 rings (SSSR count). The zero-order chi connectivity index (χ0) is 9.19. The molecule has 1 aliphatic carbocycles. The number of nitrogens with zero attached hydrogens (tertiary/aromatic N) is 1. The van der Waals surface area contributed by atoms with Crippen LogP contribution in [0, 0.1) is 16.0 Å². The van der Waals surface area contributed by atoms with Gasteiger partial charge in [-0.3, -0.25) is 10.1 Å². The molecule has 0 amide bonds. The Hall–Kier alpha value is -0.600. The Balaban J connectivity index is 2.77. The highest BCUT2D eigenvalue weighted by Crippen LogP contribution is 2.36. The fraction of sp³-hybridized carbons (Fsp3) is 1.00. The molecule has 70 valence electrons. The maximum absolute atomic E-state index is 10.9. The van der Waals surface area contributed by atoms with Crippen LogP contribution in [-0.2, 0) is 0 Å². The summed E-state index contributed by atoms with van der Waals surface area (Å²) in [6.07, 6.45) is 4.77. The van der Waals surface area contributed by atoms with Gasteiger partial charge in [0.05, 0.1) is 0 Å². The van der Waals surface area contributed by atoms with Crippen molar-refractivity contribution in [3.8, 4) is 0 Å². The van der Waals surface area contributed by atoms with Gasteiger partial charge in [-0.15, -0.1) is 0 Å². The lowest BCUT2D eigenvalue weighted by atomic mass is 9.75. The van der Waals surface area contributed by atoms with Gasteiger partial charge >= 0.3 is 0 Å². The molecule has 1 saturated carbocycles. The largest absolute Gasteiger partial charge is 0.264 e. The molecule has 12 heavy (non-hydrogen) atoms. The number of hydrogen-bond acceptors (Lipinski definition) is 2. The molecule has 0 aromatic heterocycles. The van der Waals surface area contributed by atoms with Crippen molar-refractivity contribution >= 4 is 0 Å². The zero-order valence-electron chi connectivity index (χ0n) is 7.88. The number of hydrogen-bond donors (Lipinski definition) is 0. The van der Waals surface area contributed by atoms with Crippen molar-refractivity contribution < 1.29 is 4.92 Å². The van der Waals surface area contributed by atoms with E-state index in [-0.39, 0.29) is 10.8 Å². The molecule has 0 aliphatic heterocycles. The van der Waals surface area contributed by atoms with Crippen molar-refractivity contribution in [2.24, 2.45) is 5.92 Å². The highest BCUT2D eigenvalue weighted by atomic mass is 16.6. The lowest BCUT2D eigenvalue weighted by molar-refractivity contribution is -0.584. The van der Waals surface area contributed by atoms with E-state index in [9.17, 15) is 10.1 Å². The normalized spacial score (nSPS) is 22.6. The first-order valence-electron chi connectivity index (χ1n) is 4.74. The van der Waals surface area contributed by atoms with Crippen LogP contribution in [-0.4, -0.2) is 10.5 Å². The second kappa shape index (κ2) is 3.42. The summed E-state index contributed by atoms with van der Waals surface area (Å²) in [4.78, 5) is 10.9. The van der Waals surface area contributed by atoms with Gasteiger partial charge in [0.1, 0.15) is 0 Å². The molecule has 0 radical (unpaired) electrons. The topological polar surface area (TPSA) is 43.1 Å². The van der Waals surface area contributed by atoms with Crippen LogP contribution in [0.1, 0.15) is 46.0 Å². The van der Waals surface area contributed by atoms with Crippen LogP contribution in [0.3, 0.4) is 0 Å². The zero-order valence-corrected chi connectivity index (χ0v) is 7.88. The molecule has 0 saturated heterocycles. The summed E-state index contributed by atoms with van der Waals surface area (Å²) in [6, 6.07) is 0. The SMILES string of the molecule is CC(C)C1([N+](=O)[O-])CCCCC1. The van der Waals surface area contributed by atoms with Crippen LogP contribution >= 0.6 is 0 Å². The van der Waals surface area contributed by atoms with E-state index in [0.29, 0.717) is 0 Å². The van der Waals surface area contributed by atoms with Crippen LogP contribution in [0.25, 0.3) is 0 Å². The van der Waals surface area contributed by atoms with Crippen molar-refractivity contribution in [3.05, 3.63) is 10.1 Å². The fourth-order valence-electron chi connectivity index (χ4n) is 2.13. The predicted octanol–water partition coefficient (Wildman–Crippen LogP) is 2.62. The Labute approximate surface area is 73.3 Å². The first-order valence-corrected chi connectivity index (χ1v) is 4.74. The molecule has 0 atom stereocenters. The van der Waals surface area contributed by atoms with Crippen LogP contribution in [0.4, 0.5) is 0 Å². The Kier molecular flexibility index (Phi) is 2.70. The molecule has 3 heteroatoms. The molecule has 0 N–H and O–H groups in total. The Bertz CT molecular complexity index is 171. The van der Waals surface area contributed by atoms with Gasteiger partial charge in [-0.25, -0.2) is 0 Å². The monoisotopic (exact) mass is 171 g/mol. The van der Waals surface area contributed by atoms with Crippen molar-refractivity contribution in [2.45, 2.75) is 51.5 Å². The molecule has 3 nitrogen and oxygen atoms in total. The molecule has 0 heterocycles. The molecular formula is C9H17NO2. The smallest absolute Gasteiger partial charge is 0.224 e. The summed E-state index contributed by atoms with van der Waals surface area (Å²) in [5.41, 5.74) is -0.599. The lowest BCUT2D eigenvalue weighted by Crippen LogP contribution is -2.45. The molecule has 0 aromatic rings. The van der Waals surface area contributed by atoms with Gasteiger partial charge in [0.2, 0.25) is 5.54 Å². The second-order valence-corrected chi connectivity index (χ2v) is 4.08. The summed E-state index contributed by atoms with van der Waals surface area (Å²) in [7, 11) is 0. The van der Waals surface area contributed by atoms with Gasteiger partial charge in [0.25, 0.3) is 0 Å². The average molecular weight is 171 g/mol. The second-order valence-electron chi connectivity index (χ2n) is 4.08. The van der Waals surface area contributed by atoms with E-state index < -0.39 is 5.54 Å². The molecule has 1 fully saturated rings. The van der Waals surface area contributed by atoms with Crippen molar-refractivity contribution in [1.29, 1.82) is 0 Å². The molecule has 0 bridgehead atoms. The van der Waals surface area contributed by atoms with Gasteiger partial charge in [-0.1, -0.05) is 20.3 Å². The van der Waals surface area contributed by atoms with Crippen molar-refractivity contribution in [1.82, 2.24) is 0 Å². The van der Waals surface area contributed by atoms with Gasteiger partial charge in [0, 0.05) is 23.7 Å². The van der Waals surface area contributed by atoms with Crippen LogP contribution < -0.4 is 0 Å². The van der Waals surface area contributed by atoms with E-state index in [1.54, 1.807) is 0 Å². The Morgan fingerprint density at radius 3 is 2.00 bits per heavy atom. The Morgan fingerprint density at radius 2 is 1.75 bits per heavy atom. The quantitative estimate of drug-likeness (QED) is 0.473. The average Bonchev–Trinajstić information content (AvgIpc) is 2.05. The third-order valence-electron chi connectivity index (χ3n) is 3.16. The van der Waals surface area contributed by atoms with E-state index in [1.807, 2.05) is 13.8 Å². The van der Waals surface area contributed by atoms with Crippen molar-refractivity contribution in [3.63, 3.8) is 0 Å². The van der Waals surface area contributed by atoms with E-state index in [1.165, 1.54) is 6.42 Å². The van der Waals surface area contributed by atoms with Crippen LogP contribution in [0.2, 0.25) is 0 Å². The highest BCUT2D eigenvalue weighted by molar-refractivity contribution is 4.85. The lowest BCUT2D eigenvalue weighted by Gasteiger charge is -2.32. The molecular weight excluding hydrogens is 154 g/mol. The van der Waals surface area contributed by atoms with E-state index in [4.69, 9.17) is 0 Å². The summed E-state index contributed by atoms with van der Waals surface area (Å²) >= 11 is 0. The summed E-state index contributed by atoms with van der Waals surface area (Å²) in [5, 5.41) is 10.9. The molecule has 0 unspecified atom stereocenters. The van der Waals surface area contributed by atoms with Crippen molar-refractivity contribution in [2.75, 3.05) is 0 Å². The standard InChI is InChI=1S/C9H17NO2/c1-8(2)9(10(11)12)6-4-3-5-7-9/h8H,3-7H2,1-2H3. The molecule has 1 aliphatic rings. The van der Waals surface area contributed by atoms with Crippen LogP contribution in [0.15, 0.2) is 0 Å². The van der Waals surface area contributed by atoms with Gasteiger partial charge in [-0.2, -0.15) is 0 Å². The minimum atomic E-state index is -0.599. The number of rotatable bonds is 2. The van der Waals surface area contributed by atoms with E-state index >= 15 is 0 Å². The first kappa shape index (κ1) is 9.49. The third kappa shape index (κ3) is 1.45. The Morgan fingerprint density at radius 1 is 1.25 bits per heavy atom. The third-order valence-corrected chi connectivity index (χ3v) is 3.16. The van der Waals surface area contributed by atoms with E-state index in [2.05, 4.69) is 0 Å². The number of nitro groups is 1. The maximum Gasteiger partial charge on any atom is 0.224 e. The minimum absolute atomic E-state index is 0.0448. The maximum atomic E-state index is 10.9. The summed E-state index contributed by atoms with van der Waals surface area (Å²) in [5.74, 6) is 0.174. The van der Waals surface area contributed by atoms with E-state index in [0.717, 1.165) is 25.7 Å². The highest BCUT2D eigenvalue weighted by Gasteiger charge is 2.46. The van der Waals surface area contributed by atoms with Crippen LogP contribution in [0.5, 0.6) is 0 Å². The first-order chi connectivity index (χ1) is 5.59. The van der Waals surface area contributed by atoms with Gasteiger partial charge < -0.3 is 0 Å². The minimum Gasteiger partial charge on any atom is -0.264 e. The molecule has 0 spiro atoms. The summed E-state index contributed by atoms with van der Waals surface area (Å²) in [6.45, 7) is 3.93. The predicted molar refractivity (Wildman–Crippen MR) is 47.6 cm³/mol. The van der Waals surface area contributed by atoms with Gasteiger partial charge in [-0.05, 0) is 12.8 Å². The van der Waals surface area contributed by atoms with Gasteiger partial charge in [0.15, 0.2) is 0 Å². The fourth-order valence-corrected chi connectivity index (χ4v) is 2.13.